The molecule has 7 nitrogen and oxygen atoms in total. The fourth-order valence-corrected chi connectivity index (χ4v) is 6.01. The molecule has 1 atom stereocenters. The molecule has 0 spiro atoms. The van der Waals surface area contributed by atoms with Gasteiger partial charge in [0.05, 0.1) is 17.1 Å². The lowest BCUT2D eigenvalue weighted by molar-refractivity contribution is -0.122. The van der Waals surface area contributed by atoms with Crippen LogP contribution in [0.15, 0.2) is 46.5 Å². The van der Waals surface area contributed by atoms with E-state index >= 15 is 0 Å². The number of carbonyl (C=O) groups is 2. The monoisotopic (exact) mass is 433 g/mol. The SMILES string of the molecule is Cc1ccc(Sc2ncccc2C(=O)NNC(=O)CC2CCS(=O)(=O)C2)c(C)c1. The predicted molar refractivity (Wildman–Crippen MR) is 111 cm³/mol. The van der Waals surface area contributed by atoms with Crippen molar-refractivity contribution in [3.05, 3.63) is 53.2 Å². The lowest BCUT2D eigenvalue weighted by atomic mass is 10.1. The van der Waals surface area contributed by atoms with Crippen molar-refractivity contribution < 1.29 is 18.0 Å². The van der Waals surface area contributed by atoms with Gasteiger partial charge in [0.15, 0.2) is 9.84 Å². The van der Waals surface area contributed by atoms with E-state index in [1.807, 2.05) is 26.0 Å². The summed E-state index contributed by atoms with van der Waals surface area (Å²) in [6.07, 6.45) is 2.15. The Balaban J connectivity index is 1.62. The van der Waals surface area contributed by atoms with Gasteiger partial charge in [-0.05, 0) is 49.9 Å². The van der Waals surface area contributed by atoms with E-state index in [1.165, 1.54) is 11.8 Å². The van der Waals surface area contributed by atoms with E-state index < -0.39 is 21.7 Å². The second kappa shape index (κ2) is 8.96. The van der Waals surface area contributed by atoms with Gasteiger partial charge in [-0.2, -0.15) is 0 Å². The van der Waals surface area contributed by atoms with Crippen LogP contribution in [0, 0.1) is 19.8 Å². The molecular weight excluding hydrogens is 410 g/mol. The number of nitrogens with zero attached hydrogens (tertiary/aromatic N) is 1. The first-order valence-corrected chi connectivity index (χ1v) is 11.9. The minimum atomic E-state index is -3.04. The molecule has 9 heteroatoms. The molecule has 0 bridgehead atoms. The van der Waals surface area contributed by atoms with Crippen LogP contribution < -0.4 is 10.9 Å². The van der Waals surface area contributed by atoms with Gasteiger partial charge < -0.3 is 0 Å². The molecule has 2 heterocycles. The van der Waals surface area contributed by atoms with Crippen molar-refractivity contribution in [1.82, 2.24) is 15.8 Å². The first-order chi connectivity index (χ1) is 13.7. The quantitative estimate of drug-likeness (QED) is 0.702. The third kappa shape index (κ3) is 5.80. The summed E-state index contributed by atoms with van der Waals surface area (Å²) in [6.45, 7) is 4.02. The standard InChI is InChI=1S/C20H23N3O4S2/c1-13-5-6-17(14(2)10-13)28-20-16(4-3-8-21-20)19(25)23-22-18(24)11-15-7-9-29(26,27)12-15/h3-6,8,10,15H,7,9,11-12H2,1-2H3,(H,22,24)(H,23,25). The van der Waals surface area contributed by atoms with Crippen LogP contribution in [-0.2, 0) is 14.6 Å². The van der Waals surface area contributed by atoms with Gasteiger partial charge in [0.2, 0.25) is 5.91 Å². The molecule has 1 fully saturated rings. The third-order valence-electron chi connectivity index (χ3n) is 4.67. The highest BCUT2D eigenvalue weighted by Gasteiger charge is 2.29. The Bertz CT molecular complexity index is 1040. The number of amides is 2. The van der Waals surface area contributed by atoms with Gasteiger partial charge in [-0.1, -0.05) is 29.5 Å². The van der Waals surface area contributed by atoms with Crippen molar-refractivity contribution in [1.29, 1.82) is 0 Å². The number of pyridine rings is 1. The van der Waals surface area contributed by atoms with Gasteiger partial charge in [0.1, 0.15) is 5.03 Å². The minimum absolute atomic E-state index is 0.0215. The largest absolute Gasteiger partial charge is 0.273 e. The molecule has 1 aromatic heterocycles. The van der Waals surface area contributed by atoms with Gasteiger partial charge in [-0.15, -0.1) is 0 Å². The van der Waals surface area contributed by atoms with Crippen LogP contribution in [0.25, 0.3) is 0 Å². The Morgan fingerprint density at radius 1 is 1.21 bits per heavy atom. The fraction of sp³-hybridized carbons (Fsp3) is 0.350. The molecule has 1 aliphatic heterocycles. The number of hydrazine groups is 1. The number of rotatable bonds is 5. The molecule has 154 valence electrons. The number of aryl methyl sites for hydroxylation is 2. The number of hydrogen-bond donors (Lipinski definition) is 2. The molecule has 2 aromatic rings. The Kier molecular flexibility index (Phi) is 6.59. The van der Waals surface area contributed by atoms with Crippen LogP contribution in [-0.4, -0.2) is 36.7 Å². The number of benzene rings is 1. The lowest BCUT2D eigenvalue weighted by Gasteiger charge is -2.12. The van der Waals surface area contributed by atoms with Gasteiger partial charge in [-0.3, -0.25) is 20.4 Å². The average Bonchev–Trinajstić information content (AvgIpc) is 3.00. The van der Waals surface area contributed by atoms with E-state index in [0.29, 0.717) is 17.0 Å². The minimum Gasteiger partial charge on any atom is -0.273 e. The molecule has 2 N–H and O–H groups in total. The van der Waals surface area contributed by atoms with E-state index in [-0.39, 0.29) is 23.8 Å². The molecule has 3 rings (SSSR count). The second-order valence-corrected chi connectivity index (χ2v) is 10.5. The zero-order valence-electron chi connectivity index (χ0n) is 16.3. The highest BCUT2D eigenvalue weighted by molar-refractivity contribution is 7.99. The van der Waals surface area contributed by atoms with Crippen molar-refractivity contribution in [2.45, 2.75) is 36.6 Å². The highest BCUT2D eigenvalue weighted by Crippen LogP contribution is 2.31. The summed E-state index contributed by atoms with van der Waals surface area (Å²) in [5.74, 6) is -0.948. The number of nitrogens with one attached hydrogen (secondary N) is 2. The van der Waals surface area contributed by atoms with Gasteiger partial charge in [0.25, 0.3) is 5.91 Å². The molecule has 1 saturated heterocycles. The Labute approximate surface area is 174 Å². The van der Waals surface area contributed by atoms with E-state index in [2.05, 4.69) is 21.9 Å². The van der Waals surface area contributed by atoms with E-state index in [1.54, 1.807) is 18.3 Å². The van der Waals surface area contributed by atoms with E-state index in [0.717, 1.165) is 16.0 Å². The van der Waals surface area contributed by atoms with Crippen molar-refractivity contribution in [3.8, 4) is 0 Å². The predicted octanol–water partition coefficient (Wildman–Crippen LogP) is 2.44. The maximum Gasteiger partial charge on any atom is 0.272 e. The Morgan fingerprint density at radius 2 is 2.00 bits per heavy atom. The summed E-state index contributed by atoms with van der Waals surface area (Å²) in [6, 6.07) is 9.36. The maximum absolute atomic E-state index is 12.6. The zero-order chi connectivity index (χ0) is 21.0. The molecule has 0 aliphatic carbocycles. The van der Waals surface area contributed by atoms with E-state index in [9.17, 15) is 18.0 Å². The molecule has 0 saturated carbocycles. The summed E-state index contributed by atoms with van der Waals surface area (Å²) in [5.41, 5.74) is 7.37. The smallest absolute Gasteiger partial charge is 0.272 e. The fourth-order valence-electron chi connectivity index (χ4n) is 3.20. The number of aromatic nitrogens is 1. The van der Waals surface area contributed by atoms with Gasteiger partial charge in [0, 0.05) is 17.5 Å². The van der Waals surface area contributed by atoms with E-state index in [4.69, 9.17) is 0 Å². The second-order valence-electron chi connectivity index (χ2n) is 7.20. The highest BCUT2D eigenvalue weighted by atomic mass is 32.2. The van der Waals surface area contributed by atoms with Crippen LogP contribution in [0.3, 0.4) is 0 Å². The number of sulfone groups is 1. The molecule has 29 heavy (non-hydrogen) atoms. The van der Waals surface area contributed by atoms with Crippen LogP contribution in [0.4, 0.5) is 0 Å². The van der Waals surface area contributed by atoms with Crippen LogP contribution in [0.1, 0.15) is 34.3 Å². The first-order valence-electron chi connectivity index (χ1n) is 9.23. The van der Waals surface area contributed by atoms with Crippen molar-refractivity contribution in [2.24, 2.45) is 5.92 Å². The molecule has 2 amide bonds. The van der Waals surface area contributed by atoms with Crippen molar-refractivity contribution in [3.63, 3.8) is 0 Å². The van der Waals surface area contributed by atoms with Crippen LogP contribution in [0.2, 0.25) is 0 Å². The molecule has 1 aromatic carbocycles. The molecular formula is C20H23N3O4S2. The summed E-state index contributed by atoms with van der Waals surface area (Å²) in [7, 11) is -3.04. The topological polar surface area (TPSA) is 105 Å². The number of carbonyl (C=O) groups excluding carboxylic acids is 2. The summed E-state index contributed by atoms with van der Waals surface area (Å²) < 4.78 is 23.0. The zero-order valence-corrected chi connectivity index (χ0v) is 17.9. The van der Waals surface area contributed by atoms with Crippen molar-refractivity contribution in [2.75, 3.05) is 11.5 Å². The first kappa shape index (κ1) is 21.3. The summed E-state index contributed by atoms with van der Waals surface area (Å²) >= 11 is 1.39. The maximum atomic E-state index is 12.6. The van der Waals surface area contributed by atoms with Crippen LogP contribution >= 0.6 is 11.8 Å². The van der Waals surface area contributed by atoms with Gasteiger partial charge in [-0.25, -0.2) is 13.4 Å². The summed E-state index contributed by atoms with van der Waals surface area (Å²) in [5, 5.41) is 0.535. The Morgan fingerprint density at radius 3 is 2.69 bits per heavy atom. The van der Waals surface area contributed by atoms with Crippen molar-refractivity contribution >= 4 is 33.4 Å². The molecule has 1 unspecified atom stereocenters. The normalized spacial score (nSPS) is 17.7. The molecule has 0 radical (unpaired) electrons. The average molecular weight is 434 g/mol. The third-order valence-corrected chi connectivity index (χ3v) is 7.70. The Hall–Kier alpha value is -2.39. The molecule has 1 aliphatic rings. The summed E-state index contributed by atoms with van der Waals surface area (Å²) in [4.78, 5) is 29.9. The van der Waals surface area contributed by atoms with Crippen LogP contribution in [0.5, 0.6) is 0 Å². The number of hydrogen-bond acceptors (Lipinski definition) is 6. The van der Waals surface area contributed by atoms with Gasteiger partial charge >= 0.3 is 0 Å². The lowest BCUT2D eigenvalue weighted by Crippen LogP contribution is -2.42.